The minimum Gasteiger partial charge on any atom is -0.276 e. The van der Waals surface area contributed by atoms with Crippen LogP contribution in [0.5, 0.6) is 0 Å². The van der Waals surface area contributed by atoms with Gasteiger partial charge in [0.05, 0.1) is 9.47 Å². The first kappa shape index (κ1) is 13.4. The van der Waals surface area contributed by atoms with Gasteiger partial charge in [-0.15, -0.1) is 11.3 Å². The van der Waals surface area contributed by atoms with Crippen molar-refractivity contribution in [3.05, 3.63) is 45.8 Å². The first-order valence-corrected chi connectivity index (χ1v) is 7.71. The standard InChI is InChI=1S/C10H6BrF2NO2S2/c11-8-4-5-9(17-8)18(15,16)14-7-3-1-2-6(12)10(7)13/h1-5,14H. The molecular formula is C10H6BrF2NO2S2. The van der Waals surface area contributed by atoms with E-state index in [4.69, 9.17) is 0 Å². The smallest absolute Gasteiger partial charge is 0.271 e. The van der Waals surface area contributed by atoms with Crippen LogP contribution < -0.4 is 4.72 Å². The lowest BCUT2D eigenvalue weighted by Gasteiger charge is -2.07. The van der Waals surface area contributed by atoms with Crippen LogP contribution in [0, 0.1) is 11.6 Å². The summed E-state index contributed by atoms with van der Waals surface area (Å²) in [5.41, 5.74) is -0.417. The summed E-state index contributed by atoms with van der Waals surface area (Å²) in [6.45, 7) is 0. The number of halogens is 3. The van der Waals surface area contributed by atoms with Crippen LogP contribution in [0.25, 0.3) is 0 Å². The van der Waals surface area contributed by atoms with Crippen molar-refractivity contribution in [1.82, 2.24) is 0 Å². The number of hydrogen-bond acceptors (Lipinski definition) is 3. The zero-order chi connectivity index (χ0) is 13.3. The summed E-state index contributed by atoms with van der Waals surface area (Å²) in [6.07, 6.45) is 0. The summed E-state index contributed by atoms with van der Waals surface area (Å²) in [7, 11) is -3.90. The van der Waals surface area contributed by atoms with Crippen molar-refractivity contribution in [2.24, 2.45) is 0 Å². The third-order valence-corrected chi connectivity index (χ3v) is 5.49. The monoisotopic (exact) mass is 353 g/mol. The molecule has 96 valence electrons. The molecule has 0 amide bonds. The van der Waals surface area contributed by atoms with E-state index < -0.39 is 27.3 Å². The predicted octanol–water partition coefficient (Wildman–Crippen LogP) is 3.59. The average molecular weight is 354 g/mol. The molecule has 18 heavy (non-hydrogen) atoms. The van der Waals surface area contributed by atoms with Crippen LogP contribution in [0.15, 0.2) is 38.3 Å². The molecule has 0 fully saturated rings. The molecule has 1 aromatic carbocycles. The molecule has 1 heterocycles. The molecule has 0 saturated heterocycles. The highest BCUT2D eigenvalue weighted by molar-refractivity contribution is 9.11. The van der Waals surface area contributed by atoms with Gasteiger partial charge in [0.15, 0.2) is 11.6 Å². The molecule has 1 aromatic heterocycles. The van der Waals surface area contributed by atoms with Crippen LogP contribution >= 0.6 is 27.3 Å². The molecule has 1 N–H and O–H groups in total. The molecule has 0 atom stereocenters. The van der Waals surface area contributed by atoms with Gasteiger partial charge in [-0.2, -0.15) is 0 Å². The lowest BCUT2D eigenvalue weighted by molar-refractivity contribution is 0.511. The molecule has 0 saturated carbocycles. The van der Waals surface area contributed by atoms with E-state index in [1.54, 1.807) is 6.07 Å². The number of rotatable bonds is 3. The van der Waals surface area contributed by atoms with Crippen LogP contribution in [0.3, 0.4) is 0 Å². The zero-order valence-electron chi connectivity index (χ0n) is 8.65. The van der Waals surface area contributed by atoms with E-state index in [1.807, 2.05) is 4.72 Å². The van der Waals surface area contributed by atoms with Crippen molar-refractivity contribution in [1.29, 1.82) is 0 Å². The summed E-state index contributed by atoms with van der Waals surface area (Å²) in [4.78, 5) is 0. The van der Waals surface area contributed by atoms with Gasteiger partial charge in [-0.1, -0.05) is 6.07 Å². The highest BCUT2D eigenvalue weighted by Gasteiger charge is 2.19. The summed E-state index contributed by atoms with van der Waals surface area (Å²) in [5, 5.41) is 0. The number of benzene rings is 1. The fourth-order valence-electron chi connectivity index (χ4n) is 1.22. The Morgan fingerprint density at radius 1 is 1.17 bits per heavy atom. The third kappa shape index (κ3) is 2.70. The molecule has 0 bridgehead atoms. The minimum atomic E-state index is -3.90. The Labute approximate surface area is 115 Å². The van der Waals surface area contributed by atoms with Crippen LogP contribution in [-0.2, 0) is 10.0 Å². The lowest BCUT2D eigenvalue weighted by atomic mass is 10.3. The summed E-state index contributed by atoms with van der Waals surface area (Å²) < 4.78 is 52.7. The lowest BCUT2D eigenvalue weighted by Crippen LogP contribution is -2.13. The predicted molar refractivity (Wildman–Crippen MR) is 69.2 cm³/mol. The van der Waals surface area contributed by atoms with E-state index in [1.165, 1.54) is 12.1 Å². The molecule has 8 heteroatoms. The number of thiophene rings is 1. The highest BCUT2D eigenvalue weighted by atomic mass is 79.9. The normalized spacial score (nSPS) is 11.5. The van der Waals surface area contributed by atoms with Crippen LogP contribution in [-0.4, -0.2) is 8.42 Å². The second-order valence-corrected chi connectivity index (χ2v) is 7.64. The molecule has 0 unspecified atom stereocenters. The quantitative estimate of drug-likeness (QED) is 0.916. The Morgan fingerprint density at radius 3 is 2.50 bits per heavy atom. The largest absolute Gasteiger partial charge is 0.276 e. The van der Waals surface area contributed by atoms with Gasteiger partial charge in [0.2, 0.25) is 0 Å². The van der Waals surface area contributed by atoms with Crippen molar-refractivity contribution in [3.63, 3.8) is 0 Å². The van der Waals surface area contributed by atoms with Gasteiger partial charge >= 0.3 is 0 Å². The van der Waals surface area contributed by atoms with E-state index >= 15 is 0 Å². The molecule has 0 aliphatic carbocycles. The summed E-state index contributed by atoms with van der Waals surface area (Å²) >= 11 is 4.10. The van der Waals surface area contributed by atoms with Crippen LogP contribution in [0.4, 0.5) is 14.5 Å². The van der Waals surface area contributed by atoms with Gasteiger partial charge in [-0.25, -0.2) is 17.2 Å². The van der Waals surface area contributed by atoms with Crippen molar-refractivity contribution < 1.29 is 17.2 Å². The maximum atomic E-state index is 13.3. The number of sulfonamides is 1. The van der Waals surface area contributed by atoms with Gasteiger partial charge in [-0.05, 0) is 40.2 Å². The summed E-state index contributed by atoms with van der Waals surface area (Å²) in [5.74, 6) is -2.33. The number of anilines is 1. The maximum absolute atomic E-state index is 13.3. The number of nitrogens with one attached hydrogen (secondary N) is 1. The van der Waals surface area contributed by atoms with E-state index in [0.29, 0.717) is 3.79 Å². The van der Waals surface area contributed by atoms with Crippen LogP contribution in [0.2, 0.25) is 0 Å². The third-order valence-electron chi connectivity index (χ3n) is 2.01. The fourth-order valence-corrected chi connectivity index (χ4v) is 4.29. The fraction of sp³-hybridized carbons (Fsp3) is 0. The average Bonchev–Trinajstić information content (AvgIpc) is 2.72. The maximum Gasteiger partial charge on any atom is 0.271 e. The zero-order valence-corrected chi connectivity index (χ0v) is 11.9. The van der Waals surface area contributed by atoms with Gasteiger partial charge in [0.25, 0.3) is 10.0 Å². The topological polar surface area (TPSA) is 46.2 Å². The van der Waals surface area contributed by atoms with Gasteiger partial charge < -0.3 is 0 Å². The van der Waals surface area contributed by atoms with E-state index in [9.17, 15) is 17.2 Å². The van der Waals surface area contributed by atoms with Crippen LogP contribution in [0.1, 0.15) is 0 Å². The van der Waals surface area contributed by atoms with Gasteiger partial charge in [-0.3, -0.25) is 4.72 Å². The highest BCUT2D eigenvalue weighted by Crippen LogP contribution is 2.28. The van der Waals surface area contributed by atoms with E-state index in [0.717, 1.165) is 23.5 Å². The van der Waals surface area contributed by atoms with E-state index in [-0.39, 0.29) is 4.21 Å². The Hall–Kier alpha value is -0.990. The second kappa shape index (κ2) is 4.94. The van der Waals surface area contributed by atoms with Gasteiger partial charge in [0.1, 0.15) is 4.21 Å². The molecule has 0 radical (unpaired) electrons. The Balaban J connectivity index is 2.37. The molecule has 3 nitrogen and oxygen atoms in total. The minimum absolute atomic E-state index is 0.0121. The SMILES string of the molecule is O=S(=O)(Nc1cccc(F)c1F)c1ccc(Br)s1. The first-order chi connectivity index (χ1) is 8.40. The van der Waals surface area contributed by atoms with E-state index in [2.05, 4.69) is 15.9 Å². The van der Waals surface area contributed by atoms with Gasteiger partial charge in [0, 0.05) is 0 Å². The Kier molecular flexibility index (Phi) is 3.69. The van der Waals surface area contributed by atoms with Crippen molar-refractivity contribution in [3.8, 4) is 0 Å². The van der Waals surface area contributed by atoms with Crippen molar-refractivity contribution in [2.45, 2.75) is 4.21 Å². The van der Waals surface area contributed by atoms with Crippen molar-refractivity contribution in [2.75, 3.05) is 4.72 Å². The molecule has 2 rings (SSSR count). The second-order valence-electron chi connectivity index (χ2n) is 3.27. The molecule has 2 aromatic rings. The molecular weight excluding hydrogens is 348 g/mol. The number of hydrogen-bond donors (Lipinski definition) is 1. The Morgan fingerprint density at radius 2 is 1.89 bits per heavy atom. The first-order valence-electron chi connectivity index (χ1n) is 4.62. The molecule has 0 aliphatic rings. The van der Waals surface area contributed by atoms with Crippen molar-refractivity contribution >= 4 is 43.0 Å². The summed E-state index contributed by atoms with van der Waals surface area (Å²) in [6, 6.07) is 6.21. The molecule has 0 aliphatic heterocycles. The Bertz CT molecular complexity index is 685. The molecule has 0 spiro atoms.